The Morgan fingerprint density at radius 1 is 0.439 bits per heavy atom. The van der Waals surface area contributed by atoms with Crippen molar-refractivity contribution in [1.82, 2.24) is 19.9 Å². The lowest BCUT2D eigenvalue weighted by Crippen LogP contribution is -2.00. The molecule has 5 heteroatoms. The van der Waals surface area contributed by atoms with Gasteiger partial charge in [-0.3, -0.25) is 4.98 Å². The number of hydrogen-bond acceptors (Lipinski definition) is 5. The molecule has 1 aliphatic rings. The Morgan fingerprint density at radius 2 is 1.02 bits per heavy atom. The molecule has 8 rings (SSSR count). The fraction of sp³-hybridized carbons (Fsp3) is 0. The van der Waals surface area contributed by atoms with Gasteiger partial charge in [0.25, 0.3) is 0 Å². The molecular weight excluding hydrogens is 504 g/mol. The van der Waals surface area contributed by atoms with Crippen LogP contribution >= 0.6 is 0 Å². The first kappa shape index (κ1) is 23.2. The molecule has 0 aliphatic carbocycles. The minimum absolute atomic E-state index is 0.633. The Kier molecular flexibility index (Phi) is 5.38. The van der Waals surface area contributed by atoms with Crippen LogP contribution in [-0.4, -0.2) is 19.9 Å². The van der Waals surface area contributed by atoms with Crippen molar-refractivity contribution >= 4 is 10.8 Å². The van der Waals surface area contributed by atoms with E-state index in [1.165, 1.54) is 0 Å². The maximum Gasteiger partial charge on any atom is 0.164 e. The Morgan fingerprint density at radius 3 is 1.68 bits per heavy atom. The predicted octanol–water partition coefficient (Wildman–Crippen LogP) is 8.86. The third-order valence-electron chi connectivity index (χ3n) is 7.39. The zero-order valence-corrected chi connectivity index (χ0v) is 21.9. The number of nitrogens with zero attached hydrogens (tertiary/aromatic N) is 4. The smallest absolute Gasteiger partial charge is 0.164 e. The van der Waals surface area contributed by atoms with Crippen LogP contribution < -0.4 is 4.74 Å². The van der Waals surface area contributed by atoms with E-state index in [2.05, 4.69) is 53.5 Å². The van der Waals surface area contributed by atoms with Gasteiger partial charge >= 0.3 is 0 Å². The first-order chi connectivity index (χ1) is 20.3. The van der Waals surface area contributed by atoms with Crippen LogP contribution in [0.25, 0.3) is 67.3 Å². The van der Waals surface area contributed by atoms with Crippen LogP contribution in [-0.2, 0) is 0 Å². The molecule has 0 spiro atoms. The second kappa shape index (κ2) is 9.50. The summed E-state index contributed by atoms with van der Waals surface area (Å²) in [6, 6.07) is 42.8. The van der Waals surface area contributed by atoms with Gasteiger partial charge in [-0.25, -0.2) is 15.0 Å². The Balaban J connectivity index is 1.17. The van der Waals surface area contributed by atoms with E-state index in [4.69, 9.17) is 19.7 Å². The van der Waals surface area contributed by atoms with Crippen LogP contribution in [0.3, 0.4) is 0 Å². The van der Waals surface area contributed by atoms with E-state index < -0.39 is 0 Å². The second-order valence-electron chi connectivity index (χ2n) is 9.94. The quantitative estimate of drug-likeness (QED) is 0.229. The van der Waals surface area contributed by atoms with E-state index in [0.29, 0.717) is 17.5 Å². The van der Waals surface area contributed by atoms with Crippen molar-refractivity contribution in [2.75, 3.05) is 0 Å². The van der Waals surface area contributed by atoms with Crippen LogP contribution in [0.4, 0.5) is 0 Å². The number of ether oxygens (including phenoxy) is 1. The molecule has 192 valence electrons. The van der Waals surface area contributed by atoms with Gasteiger partial charge in [0.1, 0.15) is 11.5 Å². The summed E-state index contributed by atoms with van der Waals surface area (Å²) >= 11 is 0. The van der Waals surface area contributed by atoms with Gasteiger partial charge in [-0.1, -0.05) is 103 Å². The molecule has 0 saturated heterocycles. The van der Waals surface area contributed by atoms with Crippen molar-refractivity contribution in [3.8, 4) is 68.0 Å². The highest BCUT2D eigenvalue weighted by molar-refractivity contribution is 6.02. The number of pyridine rings is 1. The van der Waals surface area contributed by atoms with E-state index in [9.17, 15) is 0 Å². The first-order valence-corrected chi connectivity index (χ1v) is 13.5. The zero-order valence-electron chi connectivity index (χ0n) is 21.9. The van der Waals surface area contributed by atoms with Gasteiger partial charge in [0, 0.05) is 28.5 Å². The van der Waals surface area contributed by atoms with Crippen molar-refractivity contribution in [3.05, 3.63) is 134 Å². The average Bonchev–Trinajstić information content (AvgIpc) is 3.05. The van der Waals surface area contributed by atoms with Gasteiger partial charge in [0.2, 0.25) is 0 Å². The Hall–Kier alpha value is -5.68. The molecule has 0 radical (unpaired) electrons. The summed E-state index contributed by atoms with van der Waals surface area (Å²) in [4.78, 5) is 19.2. The molecule has 0 N–H and O–H groups in total. The van der Waals surface area contributed by atoms with Crippen LogP contribution in [0.2, 0.25) is 0 Å². The van der Waals surface area contributed by atoms with Gasteiger partial charge in [0.05, 0.1) is 11.1 Å². The molecular formula is C36H22N4O. The molecule has 0 unspecified atom stereocenters. The molecule has 0 amide bonds. The molecule has 1 aliphatic heterocycles. The number of rotatable bonds is 4. The average molecular weight is 527 g/mol. The highest BCUT2D eigenvalue weighted by Crippen LogP contribution is 2.46. The maximum atomic E-state index is 6.35. The van der Waals surface area contributed by atoms with E-state index in [1.807, 2.05) is 85.1 Å². The minimum Gasteiger partial charge on any atom is -0.456 e. The van der Waals surface area contributed by atoms with Gasteiger partial charge in [-0.15, -0.1) is 0 Å². The molecule has 2 aromatic heterocycles. The minimum atomic E-state index is 0.633. The van der Waals surface area contributed by atoms with Crippen molar-refractivity contribution in [2.45, 2.75) is 0 Å². The molecule has 0 fully saturated rings. The van der Waals surface area contributed by atoms with E-state index >= 15 is 0 Å². The lowest BCUT2D eigenvalue weighted by molar-refractivity contribution is 0.486. The van der Waals surface area contributed by atoms with Crippen molar-refractivity contribution in [3.63, 3.8) is 0 Å². The second-order valence-corrected chi connectivity index (χ2v) is 9.94. The summed E-state index contributed by atoms with van der Waals surface area (Å²) in [6.07, 6.45) is 1.86. The molecule has 7 aromatic rings. The molecule has 41 heavy (non-hydrogen) atoms. The lowest BCUT2D eigenvalue weighted by Gasteiger charge is -2.21. The fourth-order valence-corrected chi connectivity index (χ4v) is 5.34. The summed E-state index contributed by atoms with van der Waals surface area (Å²) in [7, 11) is 0. The third-order valence-corrected chi connectivity index (χ3v) is 7.39. The van der Waals surface area contributed by atoms with Crippen molar-refractivity contribution in [2.24, 2.45) is 0 Å². The molecule has 5 aromatic carbocycles. The Bertz CT molecular complexity index is 1990. The topological polar surface area (TPSA) is 60.8 Å². The molecule has 3 heterocycles. The summed E-state index contributed by atoms with van der Waals surface area (Å²) in [6.45, 7) is 0. The largest absolute Gasteiger partial charge is 0.456 e. The molecule has 5 nitrogen and oxygen atoms in total. The van der Waals surface area contributed by atoms with Gasteiger partial charge in [-0.05, 0) is 40.8 Å². The zero-order chi connectivity index (χ0) is 27.2. The predicted molar refractivity (Wildman–Crippen MR) is 162 cm³/mol. The molecule has 0 atom stereocenters. The van der Waals surface area contributed by atoms with Gasteiger partial charge in [-0.2, -0.15) is 0 Å². The van der Waals surface area contributed by atoms with Crippen molar-refractivity contribution < 1.29 is 4.74 Å². The summed E-state index contributed by atoms with van der Waals surface area (Å²) in [5.41, 5.74) is 6.92. The van der Waals surface area contributed by atoms with Gasteiger partial charge < -0.3 is 4.74 Å². The first-order valence-electron chi connectivity index (χ1n) is 13.5. The monoisotopic (exact) mass is 526 g/mol. The number of aromatic nitrogens is 4. The molecule has 0 bridgehead atoms. The van der Waals surface area contributed by atoms with E-state index in [0.717, 1.165) is 61.3 Å². The number of benzene rings is 5. The van der Waals surface area contributed by atoms with E-state index in [-0.39, 0.29) is 0 Å². The van der Waals surface area contributed by atoms with Gasteiger partial charge in [0.15, 0.2) is 17.5 Å². The van der Waals surface area contributed by atoms with E-state index in [1.54, 1.807) is 0 Å². The standard InChI is InChI=1S/C36H22N4O/c1-3-8-25(9-4-1)34-38-35(26-10-5-2-6-11-26)40-36(39-34)27-16-14-23(15-17-27)28-18-19-29-31(22-28)41-30-13-7-12-24-20-21-37-33(29)32(24)30/h1-22H. The number of fused-ring (bicyclic) bond motifs is 2. The van der Waals surface area contributed by atoms with Crippen LogP contribution in [0.1, 0.15) is 0 Å². The lowest BCUT2D eigenvalue weighted by atomic mass is 9.96. The Labute approximate surface area is 236 Å². The summed E-state index contributed by atoms with van der Waals surface area (Å²) in [5, 5.41) is 2.18. The van der Waals surface area contributed by atoms with Crippen LogP contribution in [0.15, 0.2) is 134 Å². The maximum absolute atomic E-state index is 6.35. The normalized spacial score (nSPS) is 11.6. The third kappa shape index (κ3) is 4.12. The fourth-order valence-electron chi connectivity index (χ4n) is 5.34. The summed E-state index contributed by atoms with van der Waals surface area (Å²) < 4.78 is 6.35. The number of hydrogen-bond donors (Lipinski definition) is 0. The molecule has 0 saturated carbocycles. The van der Waals surface area contributed by atoms with Crippen LogP contribution in [0, 0.1) is 0 Å². The van der Waals surface area contributed by atoms with Crippen LogP contribution in [0.5, 0.6) is 11.5 Å². The van der Waals surface area contributed by atoms with Crippen molar-refractivity contribution in [1.29, 1.82) is 0 Å². The summed E-state index contributed by atoms with van der Waals surface area (Å²) in [5.74, 6) is 3.57. The highest BCUT2D eigenvalue weighted by atomic mass is 16.5. The SMILES string of the molecule is c1ccc(-c2nc(-c3ccccc3)nc(-c3ccc(-c4ccc5c(c4)Oc4cccc6ccnc-5c46)cc3)n2)cc1. The highest BCUT2D eigenvalue weighted by Gasteiger charge is 2.21.